The lowest BCUT2D eigenvalue weighted by atomic mass is 9.93. The van der Waals surface area contributed by atoms with Gasteiger partial charge in [-0.15, -0.1) is 0 Å². The second-order valence-corrected chi connectivity index (χ2v) is 5.79. The molecule has 1 aromatic heterocycles. The Morgan fingerprint density at radius 3 is 2.76 bits per heavy atom. The van der Waals surface area contributed by atoms with Crippen molar-refractivity contribution < 1.29 is 9.34 Å². The lowest BCUT2D eigenvalue weighted by molar-refractivity contribution is -0.384. The summed E-state index contributed by atoms with van der Waals surface area (Å²) in [5.74, 6) is 0. The molecule has 0 unspecified atom stereocenters. The fourth-order valence-electron chi connectivity index (χ4n) is 2.05. The van der Waals surface area contributed by atoms with Crippen molar-refractivity contribution in [2.24, 2.45) is 11.1 Å². The first kappa shape index (κ1) is 15.2. The number of nitrogens with zero attached hydrogens (tertiary/aromatic N) is 3. The van der Waals surface area contributed by atoms with Gasteiger partial charge in [0, 0.05) is 19.2 Å². The molecular formula is C14H20N4O3. The number of non-ortho nitro benzene ring substituents is 1. The summed E-state index contributed by atoms with van der Waals surface area (Å²) < 4.78 is 5.67. The molecule has 0 amide bonds. The Morgan fingerprint density at radius 2 is 2.19 bits per heavy atom. The Morgan fingerprint density at radius 1 is 1.48 bits per heavy atom. The SMILES string of the molecule is CCN(CC(C)(C)CN)c1nc2ccc([N+](=O)[O-])cc2o1. The molecule has 0 fully saturated rings. The topological polar surface area (TPSA) is 98.4 Å². The fourth-order valence-corrected chi connectivity index (χ4v) is 2.05. The van der Waals surface area contributed by atoms with Crippen LogP contribution in [0.15, 0.2) is 22.6 Å². The lowest BCUT2D eigenvalue weighted by Crippen LogP contribution is -2.38. The first-order valence-electron chi connectivity index (χ1n) is 6.86. The molecule has 7 nitrogen and oxygen atoms in total. The molecule has 114 valence electrons. The van der Waals surface area contributed by atoms with Crippen molar-refractivity contribution in [3.8, 4) is 0 Å². The van der Waals surface area contributed by atoms with E-state index >= 15 is 0 Å². The number of nitrogens with two attached hydrogens (primary N) is 1. The Bertz CT molecular complexity index is 651. The smallest absolute Gasteiger partial charge is 0.298 e. The summed E-state index contributed by atoms with van der Waals surface area (Å²) in [4.78, 5) is 16.7. The van der Waals surface area contributed by atoms with Gasteiger partial charge in [0.25, 0.3) is 11.7 Å². The summed E-state index contributed by atoms with van der Waals surface area (Å²) >= 11 is 0. The van der Waals surface area contributed by atoms with Crippen molar-refractivity contribution in [1.82, 2.24) is 4.98 Å². The first-order valence-corrected chi connectivity index (χ1v) is 6.86. The highest BCUT2D eigenvalue weighted by molar-refractivity contribution is 5.77. The fraction of sp³-hybridized carbons (Fsp3) is 0.500. The number of hydrogen-bond donors (Lipinski definition) is 1. The van der Waals surface area contributed by atoms with Gasteiger partial charge in [-0.25, -0.2) is 0 Å². The number of hydrogen-bond acceptors (Lipinski definition) is 6. The highest BCUT2D eigenvalue weighted by atomic mass is 16.6. The number of nitro groups is 1. The first-order chi connectivity index (χ1) is 9.86. The van der Waals surface area contributed by atoms with Crippen LogP contribution in [-0.2, 0) is 0 Å². The monoisotopic (exact) mass is 292 g/mol. The molecule has 0 aliphatic rings. The van der Waals surface area contributed by atoms with Crippen LogP contribution in [0.4, 0.5) is 11.7 Å². The zero-order valence-corrected chi connectivity index (χ0v) is 12.5. The normalized spacial score (nSPS) is 11.8. The summed E-state index contributed by atoms with van der Waals surface area (Å²) in [5.41, 5.74) is 6.72. The number of benzene rings is 1. The maximum atomic E-state index is 10.8. The molecule has 0 atom stereocenters. The number of aromatic nitrogens is 1. The van der Waals surface area contributed by atoms with E-state index in [1.165, 1.54) is 12.1 Å². The van der Waals surface area contributed by atoms with Gasteiger partial charge in [-0.2, -0.15) is 4.98 Å². The molecule has 2 aromatic rings. The minimum absolute atomic E-state index is 0.00413. The van der Waals surface area contributed by atoms with Gasteiger partial charge in [0.15, 0.2) is 5.58 Å². The third-order valence-corrected chi connectivity index (χ3v) is 3.40. The summed E-state index contributed by atoms with van der Waals surface area (Å²) in [6.07, 6.45) is 0. The van der Waals surface area contributed by atoms with E-state index in [0.717, 1.165) is 6.54 Å². The summed E-state index contributed by atoms with van der Waals surface area (Å²) in [7, 11) is 0. The second kappa shape index (κ2) is 5.69. The minimum atomic E-state index is -0.448. The van der Waals surface area contributed by atoms with Gasteiger partial charge in [0.1, 0.15) is 5.52 Å². The van der Waals surface area contributed by atoms with Crippen molar-refractivity contribution >= 4 is 22.8 Å². The third kappa shape index (κ3) is 3.30. The number of oxazole rings is 1. The van der Waals surface area contributed by atoms with Gasteiger partial charge < -0.3 is 15.1 Å². The van der Waals surface area contributed by atoms with E-state index in [4.69, 9.17) is 10.2 Å². The van der Waals surface area contributed by atoms with Crippen LogP contribution in [0.25, 0.3) is 11.1 Å². The standard InChI is InChI=1S/C14H20N4O3/c1-4-17(9-14(2,3)8-15)13-16-11-6-5-10(18(19)20)7-12(11)21-13/h5-7H,4,8-9,15H2,1-3H3. The molecule has 1 heterocycles. The summed E-state index contributed by atoms with van der Waals surface area (Å²) in [6, 6.07) is 4.89. The van der Waals surface area contributed by atoms with E-state index in [1.807, 2.05) is 11.8 Å². The number of rotatable bonds is 6. The quantitative estimate of drug-likeness (QED) is 0.649. The maximum Gasteiger partial charge on any atom is 0.298 e. The molecule has 2 N–H and O–H groups in total. The van der Waals surface area contributed by atoms with Crippen LogP contribution in [0.2, 0.25) is 0 Å². The molecule has 2 rings (SSSR count). The predicted molar refractivity (Wildman–Crippen MR) is 81.4 cm³/mol. The molecule has 1 aromatic carbocycles. The molecule has 0 spiro atoms. The van der Waals surface area contributed by atoms with Gasteiger partial charge in [0.05, 0.1) is 11.0 Å². The van der Waals surface area contributed by atoms with Gasteiger partial charge in [0.2, 0.25) is 0 Å². The molecule has 7 heteroatoms. The molecule has 0 radical (unpaired) electrons. The lowest BCUT2D eigenvalue weighted by Gasteiger charge is -2.29. The molecular weight excluding hydrogens is 272 g/mol. The minimum Gasteiger partial charge on any atom is -0.423 e. The highest BCUT2D eigenvalue weighted by Crippen LogP contribution is 2.27. The predicted octanol–water partition coefficient (Wildman–Crippen LogP) is 2.55. The van der Waals surface area contributed by atoms with E-state index in [2.05, 4.69) is 18.8 Å². The van der Waals surface area contributed by atoms with Crippen molar-refractivity contribution in [3.63, 3.8) is 0 Å². The number of fused-ring (bicyclic) bond motifs is 1. The van der Waals surface area contributed by atoms with Crippen LogP contribution in [0.1, 0.15) is 20.8 Å². The average molecular weight is 292 g/mol. The van der Waals surface area contributed by atoms with Gasteiger partial charge in [-0.1, -0.05) is 13.8 Å². The van der Waals surface area contributed by atoms with Crippen LogP contribution in [0, 0.1) is 15.5 Å². The molecule has 0 aliphatic carbocycles. The van der Waals surface area contributed by atoms with Crippen molar-refractivity contribution in [1.29, 1.82) is 0 Å². The molecule has 0 saturated heterocycles. The van der Waals surface area contributed by atoms with Crippen LogP contribution in [0.3, 0.4) is 0 Å². The zero-order valence-electron chi connectivity index (χ0n) is 12.5. The van der Waals surface area contributed by atoms with Crippen molar-refractivity contribution in [2.75, 3.05) is 24.5 Å². The van der Waals surface area contributed by atoms with Crippen LogP contribution in [0.5, 0.6) is 0 Å². The van der Waals surface area contributed by atoms with Crippen LogP contribution in [-0.4, -0.2) is 29.5 Å². The van der Waals surface area contributed by atoms with Crippen LogP contribution < -0.4 is 10.6 Å². The molecule has 21 heavy (non-hydrogen) atoms. The Kier molecular flexibility index (Phi) is 4.13. The largest absolute Gasteiger partial charge is 0.423 e. The molecule has 0 saturated carbocycles. The Balaban J connectivity index is 2.34. The Hall–Kier alpha value is -2.15. The Labute approximate surface area is 122 Å². The second-order valence-electron chi connectivity index (χ2n) is 5.79. The molecule has 0 aliphatic heterocycles. The van der Waals surface area contributed by atoms with Crippen molar-refractivity contribution in [2.45, 2.75) is 20.8 Å². The van der Waals surface area contributed by atoms with E-state index in [1.54, 1.807) is 6.07 Å². The zero-order chi connectivity index (χ0) is 15.6. The number of nitro benzene ring substituents is 1. The van der Waals surface area contributed by atoms with Gasteiger partial charge >= 0.3 is 0 Å². The van der Waals surface area contributed by atoms with Gasteiger partial charge in [-0.3, -0.25) is 10.1 Å². The van der Waals surface area contributed by atoms with E-state index in [0.29, 0.717) is 30.2 Å². The summed E-state index contributed by atoms with van der Waals surface area (Å²) in [5, 5.41) is 10.8. The van der Waals surface area contributed by atoms with E-state index in [-0.39, 0.29) is 11.1 Å². The van der Waals surface area contributed by atoms with Gasteiger partial charge in [-0.05, 0) is 24.9 Å². The number of anilines is 1. The molecule has 0 bridgehead atoms. The van der Waals surface area contributed by atoms with E-state index < -0.39 is 4.92 Å². The van der Waals surface area contributed by atoms with E-state index in [9.17, 15) is 10.1 Å². The summed E-state index contributed by atoms with van der Waals surface area (Å²) in [6.45, 7) is 8.12. The van der Waals surface area contributed by atoms with Crippen molar-refractivity contribution in [3.05, 3.63) is 28.3 Å². The third-order valence-electron chi connectivity index (χ3n) is 3.40. The van der Waals surface area contributed by atoms with Crippen LogP contribution >= 0.6 is 0 Å². The average Bonchev–Trinajstić information content (AvgIpc) is 2.87. The maximum absolute atomic E-state index is 10.8. The highest BCUT2D eigenvalue weighted by Gasteiger charge is 2.23.